The standard InChI is InChI=1S/C15H16ClN3OS/c16-11-5-3-10(4-6-11)15-19-13(9-21-15)14(20)18-8-12-2-1-7-17-12/h3-6,9,12,17H,1-2,7-8H2,(H,18,20). The van der Waals surface area contributed by atoms with E-state index in [0.29, 0.717) is 23.3 Å². The van der Waals surface area contributed by atoms with Crippen LogP contribution in [0.1, 0.15) is 23.3 Å². The number of nitrogens with one attached hydrogen (secondary N) is 2. The van der Waals surface area contributed by atoms with Crippen molar-refractivity contribution in [1.82, 2.24) is 15.6 Å². The Kier molecular flexibility index (Phi) is 4.53. The summed E-state index contributed by atoms with van der Waals surface area (Å²) < 4.78 is 0. The topological polar surface area (TPSA) is 54.0 Å². The lowest BCUT2D eigenvalue weighted by atomic mass is 10.2. The summed E-state index contributed by atoms with van der Waals surface area (Å²) in [4.78, 5) is 16.5. The van der Waals surface area contributed by atoms with Gasteiger partial charge in [-0.25, -0.2) is 4.98 Å². The molecule has 1 unspecified atom stereocenters. The highest BCUT2D eigenvalue weighted by Gasteiger charge is 2.16. The quantitative estimate of drug-likeness (QED) is 0.910. The molecule has 1 aromatic heterocycles. The number of carbonyl (C=O) groups excluding carboxylic acids is 1. The molecule has 1 amide bonds. The minimum absolute atomic E-state index is 0.111. The predicted molar refractivity (Wildman–Crippen MR) is 85.9 cm³/mol. The van der Waals surface area contributed by atoms with E-state index < -0.39 is 0 Å². The Hall–Kier alpha value is -1.43. The van der Waals surface area contributed by atoms with E-state index in [1.807, 2.05) is 24.3 Å². The monoisotopic (exact) mass is 321 g/mol. The molecule has 1 aliphatic heterocycles. The van der Waals surface area contributed by atoms with Crippen LogP contribution >= 0.6 is 22.9 Å². The normalized spacial score (nSPS) is 17.9. The first-order valence-electron chi connectivity index (χ1n) is 6.95. The first kappa shape index (κ1) is 14.5. The Morgan fingerprint density at radius 2 is 2.24 bits per heavy atom. The number of carbonyl (C=O) groups is 1. The molecule has 2 aromatic rings. The van der Waals surface area contributed by atoms with Crippen LogP contribution in [0, 0.1) is 0 Å². The first-order chi connectivity index (χ1) is 10.2. The third-order valence-electron chi connectivity index (χ3n) is 3.50. The van der Waals surface area contributed by atoms with E-state index in [1.54, 1.807) is 5.38 Å². The molecule has 1 atom stereocenters. The molecule has 2 heterocycles. The summed E-state index contributed by atoms with van der Waals surface area (Å²) in [5.41, 5.74) is 1.45. The van der Waals surface area contributed by atoms with Crippen LogP contribution in [-0.4, -0.2) is 30.0 Å². The molecule has 1 aliphatic rings. The SMILES string of the molecule is O=C(NCC1CCCN1)c1csc(-c2ccc(Cl)cc2)n1. The second-order valence-corrected chi connectivity index (χ2v) is 6.34. The summed E-state index contributed by atoms with van der Waals surface area (Å²) >= 11 is 7.34. The average molecular weight is 322 g/mol. The molecule has 4 nitrogen and oxygen atoms in total. The van der Waals surface area contributed by atoms with Crippen LogP contribution in [0.5, 0.6) is 0 Å². The number of aromatic nitrogens is 1. The van der Waals surface area contributed by atoms with Gasteiger partial charge in [-0.2, -0.15) is 0 Å². The van der Waals surface area contributed by atoms with Gasteiger partial charge in [-0.1, -0.05) is 23.7 Å². The van der Waals surface area contributed by atoms with Crippen molar-refractivity contribution in [2.45, 2.75) is 18.9 Å². The van der Waals surface area contributed by atoms with E-state index >= 15 is 0 Å². The first-order valence-corrected chi connectivity index (χ1v) is 8.21. The van der Waals surface area contributed by atoms with E-state index in [9.17, 15) is 4.79 Å². The van der Waals surface area contributed by atoms with Gasteiger partial charge in [-0.15, -0.1) is 11.3 Å². The molecular weight excluding hydrogens is 306 g/mol. The van der Waals surface area contributed by atoms with Crippen LogP contribution in [0.3, 0.4) is 0 Å². The number of rotatable bonds is 4. The summed E-state index contributed by atoms with van der Waals surface area (Å²) in [7, 11) is 0. The molecule has 0 aliphatic carbocycles. The van der Waals surface area contributed by atoms with Crippen LogP contribution < -0.4 is 10.6 Å². The van der Waals surface area contributed by atoms with Crippen molar-refractivity contribution in [2.24, 2.45) is 0 Å². The number of amides is 1. The van der Waals surface area contributed by atoms with Crippen molar-refractivity contribution in [1.29, 1.82) is 0 Å². The summed E-state index contributed by atoms with van der Waals surface area (Å²) in [6.45, 7) is 1.70. The smallest absolute Gasteiger partial charge is 0.270 e. The van der Waals surface area contributed by atoms with Crippen molar-refractivity contribution in [3.8, 4) is 10.6 Å². The number of halogens is 1. The van der Waals surface area contributed by atoms with Crippen LogP contribution in [0.4, 0.5) is 0 Å². The Bertz CT molecular complexity index is 620. The van der Waals surface area contributed by atoms with Crippen molar-refractivity contribution in [2.75, 3.05) is 13.1 Å². The van der Waals surface area contributed by atoms with E-state index in [-0.39, 0.29) is 5.91 Å². The minimum atomic E-state index is -0.111. The Morgan fingerprint density at radius 3 is 2.95 bits per heavy atom. The summed E-state index contributed by atoms with van der Waals surface area (Å²) in [6, 6.07) is 7.85. The molecule has 6 heteroatoms. The maximum absolute atomic E-state index is 12.1. The maximum atomic E-state index is 12.1. The van der Waals surface area contributed by atoms with Gasteiger partial charge in [0.15, 0.2) is 0 Å². The molecule has 1 aromatic carbocycles. The zero-order valence-electron chi connectivity index (χ0n) is 11.4. The second-order valence-electron chi connectivity index (χ2n) is 5.05. The highest BCUT2D eigenvalue weighted by molar-refractivity contribution is 7.13. The predicted octanol–water partition coefficient (Wildman–Crippen LogP) is 2.95. The molecule has 0 saturated carbocycles. The van der Waals surface area contributed by atoms with Crippen LogP contribution in [0.2, 0.25) is 5.02 Å². The molecule has 2 N–H and O–H groups in total. The van der Waals surface area contributed by atoms with E-state index in [4.69, 9.17) is 11.6 Å². The number of nitrogens with zero attached hydrogens (tertiary/aromatic N) is 1. The van der Waals surface area contributed by atoms with E-state index in [2.05, 4.69) is 15.6 Å². The Labute approximate surface area is 132 Å². The van der Waals surface area contributed by atoms with Crippen molar-refractivity contribution in [3.05, 3.63) is 40.4 Å². The average Bonchev–Trinajstić information content (AvgIpc) is 3.17. The number of hydrogen-bond donors (Lipinski definition) is 2. The highest BCUT2D eigenvalue weighted by atomic mass is 35.5. The molecule has 1 saturated heterocycles. The second kappa shape index (κ2) is 6.56. The minimum Gasteiger partial charge on any atom is -0.349 e. The summed E-state index contributed by atoms with van der Waals surface area (Å²) in [5.74, 6) is -0.111. The maximum Gasteiger partial charge on any atom is 0.270 e. The number of thiazole rings is 1. The zero-order chi connectivity index (χ0) is 14.7. The van der Waals surface area contributed by atoms with Crippen LogP contribution in [0.25, 0.3) is 10.6 Å². The zero-order valence-corrected chi connectivity index (χ0v) is 13.0. The van der Waals surface area contributed by atoms with Crippen LogP contribution in [0.15, 0.2) is 29.6 Å². The Balaban J connectivity index is 1.63. The largest absolute Gasteiger partial charge is 0.349 e. The molecular formula is C15H16ClN3OS. The molecule has 21 heavy (non-hydrogen) atoms. The molecule has 1 fully saturated rings. The van der Waals surface area contributed by atoms with Gasteiger partial charge in [0.05, 0.1) is 0 Å². The third kappa shape index (κ3) is 3.61. The van der Waals surface area contributed by atoms with Crippen molar-refractivity contribution in [3.63, 3.8) is 0 Å². The lowest BCUT2D eigenvalue weighted by Gasteiger charge is -2.10. The van der Waals surface area contributed by atoms with Gasteiger partial charge in [0.25, 0.3) is 5.91 Å². The van der Waals surface area contributed by atoms with Crippen molar-refractivity contribution >= 4 is 28.8 Å². The van der Waals surface area contributed by atoms with Gasteiger partial charge >= 0.3 is 0 Å². The van der Waals surface area contributed by atoms with E-state index in [1.165, 1.54) is 17.8 Å². The molecule has 3 rings (SSSR count). The van der Waals surface area contributed by atoms with Crippen LogP contribution in [-0.2, 0) is 0 Å². The summed E-state index contributed by atoms with van der Waals surface area (Å²) in [5, 5.41) is 9.61. The molecule has 110 valence electrons. The van der Waals surface area contributed by atoms with Gasteiger partial charge in [-0.3, -0.25) is 4.79 Å². The highest BCUT2D eigenvalue weighted by Crippen LogP contribution is 2.25. The molecule has 0 bridgehead atoms. The molecule has 0 radical (unpaired) electrons. The lowest BCUT2D eigenvalue weighted by Crippen LogP contribution is -2.37. The van der Waals surface area contributed by atoms with Gasteiger partial charge in [0.2, 0.25) is 0 Å². The van der Waals surface area contributed by atoms with Gasteiger partial charge in [0.1, 0.15) is 10.7 Å². The number of benzene rings is 1. The lowest BCUT2D eigenvalue weighted by molar-refractivity contribution is 0.0946. The summed E-state index contributed by atoms with van der Waals surface area (Å²) in [6.07, 6.45) is 2.30. The van der Waals surface area contributed by atoms with Gasteiger partial charge in [0, 0.05) is 28.6 Å². The van der Waals surface area contributed by atoms with Gasteiger partial charge < -0.3 is 10.6 Å². The Morgan fingerprint density at radius 1 is 1.43 bits per heavy atom. The van der Waals surface area contributed by atoms with Crippen molar-refractivity contribution < 1.29 is 4.79 Å². The third-order valence-corrected chi connectivity index (χ3v) is 4.64. The van der Waals surface area contributed by atoms with Gasteiger partial charge in [-0.05, 0) is 31.5 Å². The molecule has 0 spiro atoms. The van der Waals surface area contributed by atoms with E-state index in [0.717, 1.165) is 23.5 Å². The fraction of sp³-hybridized carbons (Fsp3) is 0.333. The number of hydrogen-bond acceptors (Lipinski definition) is 4. The fourth-order valence-electron chi connectivity index (χ4n) is 2.34. The fourth-order valence-corrected chi connectivity index (χ4v) is 3.27.